The fourth-order valence-electron chi connectivity index (χ4n) is 8.27. The van der Waals surface area contributed by atoms with Gasteiger partial charge in [-0.25, -0.2) is 9.97 Å². The minimum absolute atomic E-state index is 0.0634. The third kappa shape index (κ3) is 7.19. The van der Waals surface area contributed by atoms with E-state index in [1.165, 1.54) is 0 Å². The molecule has 66 heavy (non-hydrogen) atoms. The maximum Gasteiger partial charge on any atom is 0.259 e. The monoisotopic (exact) mass is 858 g/mol. The highest BCUT2D eigenvalue weighted by Crippen LogP contribution is 2.43. The number of hydrogen-bond acceptors (Lipinski definition) is 10. The van der Waals surface area contributed by atoms with Crippen LogP contribution in [0.2, 0.25) is 0 Å². The van der Waals surface area contributed by atoms with Gasteiger partial charge in [0.05, 0.1) is 44.6 Å². The van der Waals surface area contributed by atoms with Gasteiger partial charge in [0.25, 0.3) is 11.8 Å². The zero-order chi connectivity index (χ0) is 44.7. The highest BCUT2D eigenvalue weighted by molar-refractivity contribution is 6.24. The van der Waals surface area contributed by atoms with Crippen molar-refractivity contribution in [3.05, 3.63) is 193 Å². The van der Waals surface area contributed by atoms with Crippen molar-refractivity contribution in [2.75, 3.05) is 10.6 Å². The summed E-state index contributed by atoms with van der Waals surface area (Å²) in [7, 11) is 0. The fraction of sp³-hybridized carbons (Fsp3) is 0. The van der Waals surface area contributed by atoms with E-state index in [4.69, 9.17) is 9.97 Å². The van der Waals surface area contributed by atoms with E-state index in [0.29, 0.717) is 66.4 Å². The number of phenols is 2. The second-order valence-electron chi connectivity index (χ2n) is 15.6. The minimum atomic E-state index is -0.482. The van der Waals surface area contributed by atoms with Crippen LogP contribution in [0.15, 0.2) is 202 Å². The molecule has 0 atom stereocenters. The summed E-state index contributed by atoms with van der Waals surface area (Å²) < 4.78 is 0. The molecule has 0 radical (unpaired) electrons. The lowest BCUT2D eigenvalue weighted by Crippen LogP contribution is -2.12. The van der Waals surface area contributed by atoms with Crippen LogP contribution in [0.4, 0.5) is 34.1 Å². The van der Waals surface area contributed by atoms with Crippen molar-refractivity contribution in [1.82, 2.24) is 9.97 Å². The summed E-state index contributed by atoms with van der Waals surface area (Å²) in [6.45, 7) is 0. The van der Waals surface area contributed by atoms with Crippen molar-refractivity contribution in [3.8, 4) is 11.5 Å². The van der Waals surface area contributed by atoms with Crippen LogP contribution in [0.5, 0.6) is 11.5 Å². The first-order chi connectivity index (χ1) is 32.4. The predicted molar refractivity (Wildman–Crippen MR) is 260 cm³/mol. The summed E-state index contributed by atoms with van der Waals surface area (Å²) in [6.07, 6.45) is 0. The lowest BCUT2D eigenvalue weighted by atomic mass is 9.98. The van der Waals surface area contributed by atoms with E-state index in [9.17, 15) is 19.8 Å². The van der Waals surface area contributed by atoms with E-state index in [0.717, 1.165) is 21.5 Å². The maximum atomic E-state index is 13.5. The van der Waals surface area contributed by atoms with Gasteiger partial charge in [0.1, 0.15) is 11.4 Å². The number of benzene rings is 10. The predicted octanol–water partition coefficient (Wildman–Crippen LogP) is 14.1. The number of amides is 2. The van der Waals surface area contributed by atoms with Crippen molar-refractivity contribution >= 4 is 111 Å². The van der Waals surface area contributed by atoms with Crippen molar-refractivity contribution in [3.63, 3.8) is 0 Å². The highest BCUT2D eigenvalue weighted by atomic mass is 16.3. The molecule has 314 valence electrons. The Labute approximate surface area is 375 Å². The van der Waals surface area contributed by atoms with Gasteiger partial charge >= 0.3 is 0 Å². The maximum absolute atomic E-state index is 13.5. The van der Waals surface area contributed by atoms with Crippen LogP contribution in [-0.2, 0) is 0 Å². The summed E-state index contributed by atoms with van der Waals surface area (Å²) in [5.41, 5.74) is 5.24. The molecule has 4 N–H and O–H groups in total. The van der Waals surface area contributed by atoms with Gasteiger partial charge in [-0.1, -0.05) is 109 Å². The molecular weight excluding hydrogens is 825 g/mol. The van der Waals surface area contributed by atoms with Crippen LogP contribution in [0, 0.1) is 0 Å². The topological polar surface area (TPSA) is 174 Å². The molecule has 11 aromatic rings. The van der Waals surface area contributed by atoms with E-state index in [1.807, 2.05) is 146 Å². The quantitative estimate of drug-likeness (QED) is 0.0672. The third-order valence-electron chi connectivity index (χ3n) is 11.5. The van der Waals surface area contributed by atoms with Crippen LogP contribution in [0.1, 0.15) is 20.7 Å². The molecule has 12 nitrogen and oxygen atoms in total. The third-order valence-corrected chi connectivity index (χ3v) is 11.5. The molecule has 0 aliphatic rings. The van der Waals surface area contributed by atoms with E-state index >= 15 is 0 Å². The van der Waals surface area contributed by atoms with Crippen molar-refractivity contribution in [2.45, 2.75) is 0 Å². The number of phenolic OH excluding ortho intramolecular Hbond substituents is 2. The summed E-state index contributed by atoms with van der Waals surface area (Å²) in [5.74, 6) is -1.55. The second kappa shape index (κ2) is 16.4. The number of rotatable bonds is 8. The van der Waals surface area contributed by atoms with Crippen LogP contribution in [-0.4, -0.2) is 32.0 Å². The van der Waals surface area contributed by atoms with Gasteiger partial charge in [-0.3, -0.25) is 9.59 Å². The molecule has 0 fully saturated rings. The Morgan fingerprint density at radius 1 is 0.394 bits per heavy atom. The Morgan fingerprint density at radius 2 is 0.788 bits per heavy atom. The molecule has 1 aromatic heterocycles. The van der Waals surface area contributed by atoms with Crippen LogP contribution in [0.25, 0.3) is 65.2 Å². The first-order valence-corrected chi connectivity index (χ1v) is 21.0. The second-order valence-corrected chi connectivity index (χ2v) is 15.6. The zero-order valence-electron chi connectivity index (χ0n) is 34.7. The minimum Gasteiger partial charge on any atom is -0.505 e. The number of hydrogen-bond donors (Lipinski definition) is 4. The average Bonchev–Trinajstić information content (AvgIpc) is 3.35. The zero-order valence-corrected chi connectivity index (χ0v) is 34.7. The van der Waals surface area contributed by atoms with E-state index in [-0.39, 0.29) is 34.0 Å². The molecule has 11 rings (SSSR count). The summed E-state index contributed by atoms with van der Waals surface area (Å²) in [5, 5.41) is 53.1. The average molecular weight is 859 g/mol. The number of fused-ring (bicyclic) bond motifs is 9. The van der Waals surface area contributed by atoms with Crippen molar-refractivity contribution in [2.24, 2.45) is 20.5 Å². The number of carbonyl (C=O) groups excluding carboxylic acids is 2. The molecule has 0 saturated carbocycles. The number of aromatic hydroxyl groups is 2. The molecule has 12 heteroatoms. The largest absolute Gasteiger partial charge is 0.505 e. The number of azo groups is 2. The van der Waals surface area contributed by atoms with Gasteiger partial charge in [0, 0.05) is 32.9 Å². The Hall–Kier alpha value is -9.42. The van der Waals surface area contributed by atoms with Gasteiger partial charge in [0.2, 0.25) is 0 Å². The highest BCUT2D eigenvalue weighted by Gasteiger charge is 2.21. The van der Waals surface area contributed by atoms with Gasteiger partial charge in [-0.2, -0.15) is 10.2 Å². The van der Waals surface area contributed by atoms with Crippen LogP contribution >= 0.6 is 0 Å². The lowest BCUT2D eigenvalue weighted by Gasteiger charge is -2.12. The summed E-state index contributed by atoms with van der Waals surface area (Å²) >= 11 is 0. The molecule has 0 aliphatic carbocycles. The van der Waals surface area contributed by atoms with Gasteiger partial charge in [-0.15, -0.1) is 10.2 Å². The summed E-state index contributed by atoms with van der Waals surface area (Å²) in [6, 6.07) is 55.1. The van der Waals surface area contributed by atoms with Gasteiger partial charge in [0.15, 0.2) is 11.5 Å². The normalized spacial score (nSPS) is 11.8. The van der Waals surface area contributed by atoms with Crippen molar-refractivity contribution in [1.29, 1.82) is 0 Å². The molecule has 1 heterocycles. The lowest BCUT2D eigenvalue weighted by molar-refractivity contribution is 0.101. The van der Waals surface area contributed by atoms with E-state index < -0.39 is 11.8 Å². The number of anilines is 2. The van der Waals surface area contributed by atoms with Crippen LogP contribution < -0.4 is 10.6 Å². The molecule has 0 saturated heterocycles. The number of nitrogens with zero attached hydrogens (tertiary/aromatic N) is 6. The number of carbonyl (C=O) groups is 2. The first-order valence-electron chi connectivity index (χ1n) is 21.0. The van der Waals surface area contributed by atoms with Crippen molar-refractivity contribution < 1.29 is 19.8 Å². The number of para-hydroxylation sites is 4. The molecule has 2 amide bonds. The van der Waals surface area contributed by atoms with E-state index in [1.54, 1.807) is 36.4 Å². The fourth-order valence-corrected chi connectivity index (χ4v) is 8.27. The van der Waals surface area contributed by atoms with Gasteiger partial charge in [-0.05, 0) is 94.3 Å². The Bertz CT molecular complexity index is 3590. The summed E-state index contributed by atoms with van der Waals surface area (Å²) in [4.78, 5) is 37.1. The smallest absolute Gasteiger partial charge is 0.259 e. The van der Waals surface area contributed by atoms with E-state index in [2.05, 4.69) is 31.1 Å². The molecule has 10 aromatic carbocycles. The SMILES string of the molecule is O=C(Nc1ccccc1)c1cc2ccccc2c(N=Nc2ccc3c4ccc(N=Nc5c(O)c(C(=O)Nc6ccccc6)cc6ccccc56)cc4c4nc5ccccc5nc4c3c2)c1O. The Kier molecular flexibility index (Phi) is 9.78. The van der Waals surface area contributed by atoms with Gasteiger partial charge < -0.3 is 20.8 Å². The number of aromatic nitrogens is 2. The molecular formula is C54H34N8O4. The number of nitrogens with one attached hydrogen (secondary N) is 2. The standard InChI is InChI=1S/C54H34N8O4/c63-51-43(53(65)55-33-15-3-1-4-16-33)27-31-13-7-9-19-37(31)49(51)61-59-35-23-25-39-40-26-24-36(30-42(40)48-47(41(39)29-35)57-45-21-11-12-22-46(45)58-48)60-62-50-38-20-10-8-14-32(38)28-44(52(50)64)54(66)56-34-17-5-2-6-18-34/h1-30,63-64H,(H,55,65)(H,56,66). The molecule has 0 spiro atoms. The first kappa shape index (κ1) is 39.4. The Balaban J connectivity index is 1.01. The van der Waals surface area contributed by atoms with Crippen LogP contribution in [0.3, 0.4) is 0 Å². The molecule has 0 unspecified atom stereocenters. The molecule has 0 aliphatic heterocycles. The molecule has 0 bridgehead atoms. The Morgan fingerprint density at radius 3 is 1.23 bits per heavy atom.